The molecule has 0 aromatic carbocycles. The lowest BCUT2D eigenvalue weighted by atomic mass is 9.81. The Labute approximate surface area is 86.3 Å². The molecule has 2 nitrogen and oxygen atoms in total. The molecule has 0 saturated heterocycles. The van der Waals surface area contributed by atoms with Crippen molar-refractivity contribution in [1.82, 2.24) is 0 Å². The van der Waals surface area contributed by atoms with Crippen LogP contribution >= 0.6 is 0 Å². The van der Waals surface area contributed by atoms with Crippen LogP contribution in [-0.2, 0) is 4.79 Å². The van der Waals surface area contributed by atoms with Gasteiger partial charge in [-0.15, -0.1) is 0 Å². The Kier molecular flexibility index (Phi) is 5.21. The van der Waals surface area contributed by atoms with Crippen molar-refractivity contribution in [3.8, 4) is 0 Å². The standard InChI is InChI=1S/C12H20O2/c1-5-10(2)12(3,4)9-7-6-8-11(13)14/h5-6,8H,7,9H2,1-4H3,(H,13,14)/b8-6+,10-5?. The highest BCUT2D eigenvalue weighted by atomic mass is 16.4. The van der Waals surface area contributed by atoms with E-state index in [0.29, 0.717) is 0 Å². The smallest absolute Gasteiger partial charge is 0.327 e. The largest absolute Gasteiger partial charge is 0.478 e. The molecule has 0 amide bonds. The molecule has 0 bridgehead atoms. The van der Waals surface area contributed by atoms with Crippen molar-refractivity contribution in [2.45, 2.75) is 40.5 Å². The minimum atomic E-state index is -0.870. The first-order chi connectivity index (χ1) is 6.40. The molecule has 0 aliphatic carbocycles. The van der Waals surface area contributed by atoms with Crippen LogP contribution in [0.5, 0.6) is 0 Å². The van der Waals surface area contributed by atoms with E-state index in [4.69, 9.17) is 5.11 Å². The number of aliphatic carboxylic acids is 1. The third-order valence-corrected chi connectivity index (χ3v) is 2.70. The monoisotopic (exact) mass is 196 g/mol. The normalized spacial score (nSPS) is 13.6. The molecule has 0 unspecified atom stereocenters. The van der Waals surface area contributed by atoms with Crippen molar-refractivity contribution in [3.05, 3.63) is 23.8 Å². The molecule has 0 atom stereocenters. The molecular formula is C12H20O2. The lowest BCUT2D eigenvalue weighted by molar-refractivity contribution is -0.131. The maximum Gasteiger partial charge on any atom is 0.327 e. The Morgan fingerprint density at radius 2 is 2.00 bits per heavy atom. The third-order valence-electron chi connectivity index (χ3n) is 2.70. The highest BCUT2D eigenvalue weighted by Gasteiger charge is 2.17. The first-order valence-corrected chi connectivity index (χ1v) is 4.93. The summed E-state index contributed by atoms with van der Waals surface area (Å²) in [5, 5.41) is 8.40. The van der Waals surface area contributed by atoms with Gasteiger partial charge in [0.1, 0.15) is 0 Å². The highest BCUT2D eigenvalue weighted by Crippen LogP contribution is 2.31. The lowest BCUT2D eigenvalue weighted by Gasteiger charge is -2.25. The Bertz CT molecular complexity index is 247. The zero-order valence-electron chi connectivity index (χ0n) is 9.50. The Morgan fingerprint density at radius 3 is 2.43 bits per heavy atom. The molecule has 0 spiro atoms. The molecule has 14 heavy (non-hydrogen) atoms. The first-order valence-electron chi connectivity index (χ1n) is 4.93. The van der Waals surface area contributed by atoms with Gasteiger partial charge in [0.2, 0.25) is 0 Å². The van der Waals surface area contributed by atoms with Crippen LogP contribution in [-0.4, -0.2) is 11.1 Å². The van der Waals surface area contributed by atoms with Crippen molar-refractivity contribution >= 4 is 5.97 Å². The van der Waals surface area contributed by atoms with Gasteiger partial charge in [-0.1, -0.05) is 31.6 Å². The molecule has 1 N–H and O–H groups in total. The van der Waals surface area contributed by atoms with Gasteiger partial charge in [0.25, 0.3) is 0 Å². The van der Waals surface area contributed by atoms with Crippen LogP contribution in [0.2, 0.25) is 0 Å². The van der Waals surface area contributed by atoms with E-state index < -0.39 is 5.97 Å². The lowest BCUT2D eigenvalue weighted by Crippen LogP contribution is -2.12. The summed E-state index contributed by atoms with van der Waals surface area (Å²) in [6.07, 6.45) is 6.83. The summed E-state index contributed by atoms with van der Waals surface area (Å²) >= 11 is 0. The van der Waals surface area contributed by atoms with E-state index in [-0.39, 0.29) is 5.41 Å². The number of rotatable bonds is 5. The van der Waals surface area contributed by atoms with Crippen LogP contribution in [0.1, 0.15) is 40.5 Å². The number of allylic oxidation sites excluding steroid dienone is 3. The predicted molar refractivity (Wildman–Crippen MR) is 59.2 cm³/mol. The molecule has 0 aromatic heterocycles. The topological polar surface area (TPSA) is 37.3 Å². The minimum Gasteiger partial charge on any atom is -0.478 e. The average Bonchev–Trinajstić information content (AvgIpc) is 2.10. The number of carboxylic acids is 1. The van der Waals surface area contributed by atoms with Crippen molar-refractivity contribution in [2.75, 3.05) is 0 Å². The second-order valence-corrected chi connectivity index (χ2v) is 4.13. The maximum atomic E-state index is 10.2. The first kappa shape index (κ1) is 12.9. The van der Waals surface area contributed by atoms with Gasteiger partial charge >= 0.3 is 5.97 Å². The van der Waals surface area contributed by atoms with Crippen molar-refractivity contribution in [3.63, 3.8) is 0 Å². The number of carbonyl (C=O) groups is 1. The minimum absolute atomic E-state index is 0.164. The van der Waals surface area contributed by atoms with E-state index in [1.165, 1.54) is 11.6 Å². The Hall–Kier alpha value is -1.05. The summed E-state index contributed by atoms with van der Waals surface area (Å²) in [5.74, 6) is -0.870. The summed E-state index contributed by atoms with van der Waals surface area (Å²) in [7, 11) is 0. The number of hydrogen-bond donors (Lipinski definition) is 1. The van der Waals surface area contributed by atoms with Gasteiger partial charge in [0, 0.05) is 6.08 Å². The average molecular weight is 196 g/mol. The number of hydrogen-bond acceptors (Lipinski definition) is 1. The van der Waals surface area contributed by atoms with E-state index in [2.05, 4.69) is 26.8 Å². The van der Waals surface area contributed by atoms with Gasteiger partial charge in [-0.05, 0) is 32.1 Å². The molecule has 0 aromatic rings. The summed E-state index contributed by atoms with van der Waals surface area (Å²) < 4.78 is 0. The zero-order valence-corrected chi connectivity index (χ0v) is 9.50. The van der Waals surface area contributed by atoms with Gasteiger partial charge in [0.05, 0.1) is 0 Å². The number of carboxylic acid groups (broad SMARTS) is 1. The van der Waals surface area contributed by atoms with Gasteiger partial charge in [-0.25, -0.2) is 4.79 Å². The van der Waals surface area contributed by atoms with E-state index in [0.717, 1.165) is 12.8 Å². The van der Waals surface area contributed by atoms with Crippen molar-refractivity contribution < 1.29 is 9.90 Å². The van der Waals surface area contributed by atoms with Crippen LogP contribution in [0.4, 0.5) is 0 Å². The predicted octanol–water partition coefficient (Wildman–Crippen LogP) is 3.40. The molecule has 0 heterocycles. The molecule has 2 heteroatoms. The van der Waals surface area contributed by atoms with Gasteiger partial charge in [-0.3, -0.25) is 0 Å². The summed E-state index contributed by atoms with van der Waals surface area (Å²) in [6.45, 7) is 8.50. The quantitative estimate of drug-likeness (QED) is 0.540. The molecule has 0 radical (unpaired) electrons. The van der Waals surface area contributed by atoms with Crippen LogP contribution in [0.25, 0.3) is 0 Å². The molecule has 0 rings (SSSR count). The molecule has 80 valence electrons. The van der Waals surface area contributed by atoms with E-state index in [1.54, 1.807) is 6.08 Å². The van der Waals surface area contributed by atoms with Crippen LogP contribution in [0.15, 0.2) is 23.8 Å². The second-order valence-electron chi connectivity index (χ2n) is 4.13. The van der Waals surface area contributed by atoms with E-state index in [9.17, 15) is 4.79 Å². The molecule has 0 aliphatic heterocycles. The van der Waals surface area contributed by atoms with E-state index >= 15 is 0 Å². The fourth-order valence-corrected chi connectivity index (χ4v) is 1.22. The highest BCUT2D eigenvalue weighted by molar-refractivity contribution is 5.79. The van der Waals surface area contributed by atoms with Gasteiger partial charge in [-0.2, -0.15) is 0 Å². The van der Waals surface area contributed by atoms with Crippen LogP contribution < -0.4 is 0 Å². The van der Waals surface area contributed by atoms with E-state index in [1.807, 2.05) is 6.92 Å². The van der Waals surface area contributed by atoms with Gasteiger partial charge in [0.15, 0.2) is 0 Å². The maximum absolute atomic E-state index is 10.2. The Morgan fingerprint density at radius 1 is 1.43 bits per heavy atom. The van der Waals surface area contributed by atoms with Crippen LogP contribution in [0, 0.1) is 5.41 Å². The summed E-state index contributed by atoms with van der Waals surface area (Å²) in [4.78, 5) is 10.2. The second kappa shape index (κ2) is 5.63. The summed E-state index contributed by atoms with van der Waals surface area (Å²) in [5.41, 5.74) is 1.51. The molecule has 0 fully saturated rings. The molecule has 0 saturated carbocycles. The third kappa shape index (κ3) is 4.85. The van der Waals surface area contributed by atoms with Crippen LogP contribution in [0.3, 0.4) is 0 Å². The molecule has 0 aliphatic rings. The fraction of sp³-hybridized carbons (Fsp3) is 0.583. The molecular weight excluding hydrogens is 176 g/mol. The van der Waals surface area contributed by atoms with Gasteiger partial charge < -0.3 is 5.11 Å². The Balaban J connectivity index is 4.07. The fourth-order valence-electron chi connectivity index (χ4n) is 1.22. The zero-order chi connectivity index (χ0) is 11.2. The SMILES string of the molecule is CC=C(C)C(C)(C)CC/C=C/C(=O)O. The van der Waals surface area contributed by atoms with Crippen molar-refractivity contribution in [2.24, 2.45) is 5.41 Å². The van der Waals surface area contributed by atoms with Crippen molar-refractivity contribution in [1.29, 1.82) is 0 Å². The summed E-state index contributed by atoms with van der Waals surface area (Å²) in [6, 6.07) is 0.